The van der Waals surface area contributed by atoms with E-state index in [9.17, 15) is 5.11 Å². The van der Waals surface area contributed by atoms with E-state index in [0.29, 0.717) is 32.3 Å². The Balaban J connectivity index is 2.49. The molecule has 4 nitrogen and oxygen atoms in total. The van der Waals surface area contributed by atoms with Crippen LogP contribution < -0.4 is 9.47 Å². The van der Waals surface area contributed by atoms with Crippen molar-refractivity contribution in [3.8, 4) is 11.5 Å². The lowest BCUT2D eigenvalue weighted by atomic mass is 10.0. The van der Waals surface area contributed by atoms with E-state index in [1.165, 1.54) is 7.11 Å². The van der Waals surface area contributed by atoms with Crippen molar-refractivity contribution >= 4 is 27.5 Å². The van der Waals surface area contributed by atoms with Gasteiger partial charge in [-0.1, -0.05) is 11.6 Å². The standard InChI is InChI=1S/C14H13BrClNO3/c1-19-10-4-3-9(14(20-2)12(10)15)13(18)8-5-6-17-11(16)7-8/h3-7,13,18H,1-2H3. The molecule has 6 heteroatoms. The molecule has 0 amide bonds. The molecule has 1 N–H and O–H groups in total. The van der Waals surface area contributed by atoms with E-state index < -0.39 is 6.10 Å². The highest BCUT2D eigenvalue weighted by Crippen LogP contribution is 2.41. The molecule has 1 heterocycles. The Morgan fingerprint density at radius 3 is 2.60 bits per heavy atom. The quantitative estimate of drug-likeness (QED) is 0.849. The molecule has 0 saturated carbocycles. The van der Waals surface area contributed by atoms with Crippen LogP contribution in [0.1, 0.15) is 17.2 Å². The van der Waals surface area contributed by atoms with Crippen LogP contribution in [0.2, 0.25) is 5.15 Å². The number of pyridine rings is 1. The summed E-state index contributed by atoms with van der Waals surface area (Å²) in [5.74, 6) is 1.15. The smallest absolute Gasteiger partial charge is 0.142 e. The summed E-state index contributed by atoms with van der Waals surface area (Å²) in [6, 6.07) is 6.83. The molecule has 2 aromatic rings. The summed E-state index contributed by atoms with van der Waals surface area (Å²) in [7, 11) is 3.10. The van der Waals surface area contributed by atoms with Crippen molar-refractivity contribution < 1.29 is 14.6 Å². The van der Waals surface area contributed by atoms with Crippen molar-refractivity contribution in [1.29, 1.82) is 0 Å². The highest BCUT2D eigenvalue weighted by atomic mass is 79.9. The molecule has 1 aromatic carbocycles. The minimum absolute atomic E-state index is 0.327. The Bertz CT molecular complexity index is 621. The molecule has 2 rings (SSSR count). The van der Waals surface area contributed by atoms with Crippen LogP contribution in [0.4, 0.5) is 0 Å². The average molecular weight is 359 g/mol. The summed E-state index contributed by atoms with van der Waals surface area (Å²) < 4.78 is 11.2. The van der Waals surface area contributed by atoms with Crippen LogP contribution >= 0.6 is 27.5 Å². The monoisotopic (exact) mass is 357 g/mol. The second-order valence-corrected chi connectivity index (χ2v) is 5.20. The minimum Gasteiger partial charge on any atom is -0.495 e. The number of ether oxygens (including phenoxy) is 2. The Morgan fingerprint density at radius 1 is 1.25 bits per heavy atom. The number of halogens is 2. The van der Waals surface area contributed by atoms with Gasteiger partial charge >= 0.3 is 0 Å². The zero-order valence-corrected chi connectivity index (χ0v) is 13.3. The van der Waals surface area contributed by atoms with Gasteiger partial charge in [0.25, 0.3) is 0 Å². The Hall–Kier alpha value is -1.30. The summed E-state index contributed by atoms with van der Waals surface area (Å²) >= 11 is 9.25. The van der Waals surface area contributed by atoms with Crippen LogP contribution in [0.5, 0.6) is 11.5 Å². The van der Waals surface area contributed by atoms with Gasteiger partial charge in [-0.2, -0.15) is 0 Å². The topological polar surface area (TPSA) is 51.6 Å². The van der Waals surface area contributed by atoms with Gasteiger partial charge in [-0.3, -0.25) is 0 Å². The first-order chi connectivity index (χ1) is 9.58. The van der Waals surface area contributed by atoms with Crippen LogP contribution in [0.25, 0.3) is 0 Å². The predicted molar refractivity (Wildman–Crippen MR) is 80.6 cm³/mol. The summed E-state index contributed by atoms with van der Waals surface area (Å²) in [6.45, 7) is 0. The third-order valence-electron chi connectivity index (χ3n) is 2.88. The van der Waals surface area contributed by atoms with Gasteiger partial charge < -0.3 is 14.6 Å². The number of aliphatic hydroxyl groups is 1. The molecule has 1 unspecified atom stereocenters. The van der Waals surface area contributed by atoms with Crippen molar-refractivity contribution in [2.24, 2.45) is 0 Å². The normalized spacial score (nSPS) is 12.1. The zero-order chi connectivity index (χ0) is 14.7. The van der Waals surface area contributed by atoms with Gasteiger partial charge in [0.2, 0.25) is 0 Å². The van der Waals surface area contributed by atoms with Crippen LogP contribution in [0.3, 0.4) is 0 Å². The molecular weight excluding hydrogens is 346 g/mol. The second-order valence-electron chi connectivity index (χ2n) is 4.02. The third-order valence-corrected chi connectivity index (χ3v) is 3.83. The lowest BCUT2D eigenvalue weighted by Crippen LogP contribution is -2.04. The van der Waals surface area contributed by atoms with E-state index in [0.717, 1.165) is 0 Å². The van der Waals surface area contributed by atoms with Crippen molar-refractivity contribution in [3.05, 3.63) is 51.2 Å². The first-order valence-electron chi connectivity index (χ1n) is 5.78. The number of nitrogens with zero attached hydrogens (tertiary/aromatic N) is 1. The first kappa shape index (κ1) is 15.1. The van der Waals surface area contributed by atoms with Crippen LogP contribution in [0, 0.1) is 0 Å². The summed E-state index contributed by atoms with van der Waals surface area (Å²) in [5.41, 5.74) is 1.25. The number of hydrogen-bond acceptors (Lipinski definition) is 4. The molecule has 0 fully saturated rings. The largest absolute Gasteiger partial charge is 0.495 e. The predicted octanol–water partition coefficient (Wildman–Crippen LogP) is 3.60. The SMILES string of the molecule is COc1ccc(C(O)c2ccnc(Cl)c2)c(OC)c1Br. The van der Waals surface area contributed by atoms with Crippen LogP contribution in [-0.4, -0.2) is 24.3 Å². The number of aliphatic hydroxyl groups excluding tert-OH is 1. The molecule has 0 saturated heterocycles. The fraction of sp³-hybridized carbons (Fsp3) is 0.214. The molecule has 0 bridgehead atoms. The Morgan fingerprint density at radius 2 is 2.00 bits per heavy atom. The third kappa shape index (κ3) is 2.90. The van der Waals surface area contributed by atoms with E-state index >= 15 is 0 Å². The van der Waals surface area contributed by atoms with E-state index in [4.69, 9.17) is 21.1 Å². The van der Waals surface area contributed by atoms with E-state index in [2.05, 4.69) is 20.9 Å². The molecule has 20 heavy (non-hydrogen) atoms. The molecule has 0 aliphatic carbocycles. The van der Waals surface area contributed by atoms with Crippen LogP contribution in [-0.2, 0) is 0 Å². The molecule has 0 radical (unpaired) electrons. The number of benzene rings is 1. The average Bonchev–Trinajstić information content (AvgIpc) is 2.46. The summed E-state index contributed by atoms with van der Waals surface area (Å²) in [6.07, 6.45) is 0.680. The maximum atomic E-state index is 10.5. The molecule has 1 atom stereocenters. The molecule has 0 spiro atoms. The fourth-order valence-electron chi connectivity index (χ4n) is 1.90. The minimum atomic E-state index is -0.868. The second kappa shape index (κ2) is 6.43. The molecular formula is C14H13BrClNO3. The number of hydrogen-bond donors (Lipinski definition) is 1. The summed E-state index contributed by atoms with van der Waals surface area (Å²) in [4.78, 5) is 3.90. The fourth-order valence-corrected chi connectivity index (χ4v) is 2.77. The lowest BCUT2D eigenvalue weighted by Gasteiger charge is -2.18. The van der Waals surface area contributed by atoms with Crippen LogP contribution in [0.15, 0.2) is 34.9 Å². The maximum absolute atomic E-state index is 10.5. The maximum Gasteiger partial charge on any atom is 0.142 e. The summed E-state index contributed by atoms with van der Waals surface area (Å²) in [5, 5.41) is 10.8. The highest BCUT2D eigenvalue weighted by Gasteiger charge is 2.20. The van der Waals surface area contributed by atoms with Gasteiger partial charge in [0.05, 0.1) is 14.2 Å². The highest BCUT2D eigenvalue weighted by molar-refractivity contribution is 9.10. The molecule has 106 valence electrons. The molecule has 0 aliphatic rings. The molecule has 0 aliphatic heterocycles. The van der Waals surface area contributed by atoms with Crippen molar-refractivity contribution in [2.75, 3.05) is 14.2 Å². The van der Waals surface area contributed by atoms with E-state index in [1.807, 2.05) is 0 Å². The van der Waals surface area contributed by atoms with Gasteiger partial charge in [0.1, 0.15) is 27.2 Å². The van der Waals surface area contributed by atoms with Gasteiger partial charge in [0.15, 0.2) is 0 Å². The van der Waals surface area contributed by atoms with E-state index in [1.54, 1.807) is 37.6 Å². The lowest BCUT2D eigenvalue weighted by molar-refractivity contribution is 0.214. The van der Waals surface area contributed by atoms with Crippen molar-refractivity contribution in [2.45, 2.75) is 6.10 Å². The van der Waals surface area contributed by atoms with Gasteiger partial charge in [0, 0.05) is 11.8 Å². The van der Waals surface area contributed by atoms with Crippen molar-refractivity contribution in [3.63, 3.8) is 0 Å². The first-order valence-corrected chi connectivity index (χ1v) is 6.95. The number of aromatic nitrogens is 1. The van der Waals surface area contributed by atoms with Crippen molar-refractivity contribution in [1.82, 2.24) is 4.98 Å². The Kier molecular flexibility index (Phi) is 4.86. The zero-order valence-electron chi connectivity index (χ0n) is 10.9. The number of methoxy groups -OCH3 is 2. The molecule has 1 aromatic heterocycles. The van der Waals surface area contributed by atoms with Gasteiger partial charge in [-0.05, 0) is 45.8 Å². The van der Waals surface area contributed by atoms with Gasteiger partial charge in [-0.25, -0.2) is 4.98 Å². The van der Waals surface area contributed by atoms with E-state index in [-0.39, 0.29) is 0 Å². The Labute approximate surface area is 130 Å². The van der Waals surface area contributed by atoms with Gasteiger partial charge in [-0.15, -0.1) is 0 Å². The number of rotatable bonds is 4.